The SMILES string of the molecule is CC.CC.CN1CCCC1c1ncc(C#Cc2ccc3cc(C#Cc4cnc(C5CCCN5C)[nH]4)ccc3c2)[nH]1. The van der Waals surface area contributed by atoms with Crippen LogP contribution >= 0.6 is 0 Å². The zero-order chi connectivity index (χ0) is 28.5. The summed E-state index contributed by atoms with van der Waals surface area (Å²) in [4.78, 5) is 20.6. The predicted molar refractivity (Wildman–Crippen MR) is 165 cm³/mol. The molecule has 40 heavy (non-hydrogen) atoms. The highest BCUT2D eigenvalue weighted by Crippen LogP contribution is 2.29. The van der Waals surface area contributed by atoms with Crippen molar-refractivity contribution in [2.45, 2.75) is 65.5 Å². The Morgan fingerprint density at radius 1 is 0.650 bits per heavy atom. The maximum absolute atomic E-state index is 4.56. The minimum absolute atomic E-state index is 0.378. The van der Waals surface area contributed by atoms with Crippen LogP contribution in [0, 0.1) is 23.7 Å². The van der Waals surface area contributed by atoms with Crippen LogP contribution in [0.1, 0.15) is 99.6 Å². The standard InChI is InChI=1S/C30H30N6.2C2H6/c1-35-15-3-5-27(35)29-31-19-25(33-29)13-9-21-7-11-24-18-22(8-12-23(24)17-21)10-14-26-20-32-30(34-26)28-6-4-16-36(28)2;2*1-2/h7-8,11-12,17-20,27-28H,3-6,15-16H2,1-2H3,(H,31,33)(H,32,34);2*1-2H3. The quantitative estimate of drug-likeness (QED) is 0.282. The van der Waals surface area contributed by atoms with Gasteiger partial charge < -0.3 is 9.97 Å². The molecule has 2 fully saturated rings. The number of rotatable bonds is 2. The highest BCUT2D eigenvalue weighted by atomic mass is 15.2. The molecule has 208 valence electrons. The molecule has 6 heteroatoms. The Labute approximate surface area is 239 Å². The molecule has 0 saturated carbocycles. The summed E-state index contributed by atoms with van der Waals surface area (Å²) in [5.41, 5.74) is 3.68. The molecule has 0 spiro atoms. The van der Waals surface area contributed by atoms with E-state index in [0.717, 1.165) is 70.9 Å². The van der Waals surface area contributed by atoms with Gasteiger partial charge in [0.15, 0.2) is 0 Å². The number of nitrogens with one attached hydrogen (secondary N) is 2. The third-order valence-electron chi connectivity index (χ3n) is 7.39. The predicted octanol–water partition coefficient (Wildman–Crippen LogP) is 6.67. The Morgan fingerprint density at radius 2 is 1.07 bits per heavy atom. The summed E-state index contributed by atoms with van der Waals surface area (Å²) in [6.45, 7) is 10.2. The molecule has 0 amide bonds. The molecule has 2 aromatic heterocycles. The molecule has 0 bridgehead atoms. The number of hydrogen-bond acceptors (Lipinski definition) is 4. The van der Waals surface area contributed by atoms with Gasteiger partial charge in [-0.2, -0.15) is 0 Å². The molecule has 2 aromatic carbocycles. The molecular weight excluding hydrogens is 492 g/mol. The van der Waals surface area contributed by atoms with E-state index in [9.17, 15) is 0 Å². The van der Waals surface area contributed by atoms with Gasteiger partial charge in [-0.05, 0) is 99.7 Å². The van der Waals surface area contributed by atoms with Crippen LogP contribution in [0.15, 0.2) is 48.8 Å². The van der Waals surface area contributed by atoms with Gasteiger partial charge in [0.05, 0.1) is 24.5 Å². The lowest BCUT2D eigenvalue weighted by molar-refractivity contribution is 0.307. The lowest BCUT2D eigenvalue weighted by Crippen LogP contribution is -2.18. The molecule has 0 radical (unpaired) electrons. The van der Waals surface area contributed by atoms with E-state index in [4.69, 9.17) is 0 Å². The van der Waals surface area contributed by atoms with Gasteiger partial charge in [0.25, 0.3) is 0 Å². The molecule has 2 aliphatic heterocycles. The zero-order valence-electron chi connectivity index (χ0n) is 24.8. The number of aromatic nitrogens is 4. The van der Waals surface area contributed by atoms with Crippen molar-refractivity contribution in [1.29, 1.82) is 0 Å². The first kappa shape index (κ1) is 29.2. The second-order valence-corrected chi connectivity index (χ2v) is 9.92. The summed E-state index contributed by atoms with van der Waals surface area (Å²) in [6.07, 6.45) is 8.42. The summed E-state index contributed by atoms with van der Waals surface area (Å²) in [6, 6.07) is 13.4. The Hall–Kier alpha value is -3.84. The van der Waals surface area contributed by atoms with Crippen molar-refractivity contribution in [3.8, 4) is 23.7 Å². The number of hydrogen-bond donors (Lipinski definition) is 2. The topological polar surface area (TPSA) is 63.8 Å². The van der Waals surface area contributed by atoms with Crippen LogP contribution < -0.4 is 0 Å². The maximum atomic E-state index is 4.56. The smallest absolute Gasteiger partial charge is 0.124 e. The van der Waals surface area contributed by atoms with Crippen molar-refractivity contribution in [2.24, 2.45) is 0 Å². The van der Waals surface area contributed by atoms with Crippen LogP contribution in [0.3, 0.4) is 0 Å². The van der Waals surface area contributed by atoms with E-state index in [-0.39, 0.29) is 0 Å². The number of aromatic amines is 2. The molecule has 6 rings (SSSR count). The summed E-state index contributed by atoms with van der Waals surface area (Å²) in [7, 11) is 4.31. The fourth-order valence-corrected chi connectivity index (χ4v) is 5.33. The van der Waals surface area contributed by atoms with Crippen molar-refractivity contribution < 1.29 is 0 Å². The number of benzene rings is 2. The summed E-state index contributed by atoms with van der Waals surface area (Å²) >= 11 is 0. The fourth-order valence-electron chi connectivity index (χ4n) is 5.33. The van der Waals surface area contributed by atoms with Crippen molar-refractivity contribution in [2.75, 3.05) is 27.2 Å². The van der Waals surface area contributed by atoms with Gasteiger partial charge in [-0.15, -0.1) is 0 Å². The minimum atomic E-state index is 0.378. The van der Waals surface area contributed by atoms with E-state index in [1.54, 1.807) is 0 Å². The Bertz CT molecular complexity index is 1410. The summed E-state index contributed by atoms with van der Waals surface area (Å²) < 4.78 is 0. The largest absolute Gasteiger partial charge is 0.334 e. The first-order chi connectivity index (χ1) is 19.6. The lowest BCUT2D eigenvalue weighted by atomic mass is 10.0. The molecule has 0 aliphatic carbocycles. The van der Waals surface area contributed by atoms with Crippen molar-refractivity contribution in [3.63, 3.8) is 0 Å². The van der Waals surface area contributed by atoms with Crippen LogP contribution in [0.5, 0.6) is 0 Å². The average molecular weight is 535 g/mol. The summed E-state index contributed by atoms with van der Waals surface area (Å²) in [5, 5.41) is 2.30. The van der Waals surface area contributed by atoms with Gasteiger partial charge in [0.2, 0.25) is 0 Å². The lowest BCUT2D eigenvalue weighted by Gasteiger charge is -2.16. The highest BCUT2D eigenvalue weighted by Gasteiger charge is 2.25. The van der Waals surface area contributed by atoms with Gasteiger partial charge in [0.1, 0.15) is 23.0 Å². The Kier molecular flexibility index (Phi) is 10.2. The number of likely N-dealkylation sites (tertiary alicyclic amines) is 2. The fraction of sp³-hybridized carbons (Fsp3) is 0.412. The van der Waals surface area contributed by atoms with Gasteiger partial charge in [-0.1, -0.05) is 51.7 Å². The van der Waals surface area contributed by atoms with Crippen LogP contribution in [-0.4, -0.2) is 56.9 Å². The third-order valence-corrected chi connectivity index (χ3v) is 7.39. The van der Waals surface area contributed by atoms with Gasteiger partial charge in [-0.25, -0.2) is 9.97 Å². The minimum Gasteiger partial charge on any atom is -0.334 e. The Morgan fingerprint density at radius 3 is 1.45 bits per heavy atom. The molecule has 2 aliphatic rings. The molecule has 2 unspecified atom stereocenters. The normalized spacial score (nSPS) is 18.6. The first-order valence-corrected chi connectivity index (χ1v) is 14.7. The van der Waals surface area contributed by atoms with Crippen molar-refractivity contribution in [1.82, 2.24) is 29.7 Å². The van der Waals surface area contributed by atoms with Gasteiger partial charge >= 0.3 is 0 Å². The maximum Gasteiger partial charge on any atom is 0.124 e. The number of imidazole rings is 2. The van der Waals surface area contributed by atoms with Crippen LogP contribution in [-0.2, 0) is 0 Å². The van der Waals surface area contributed by atoms with Crippen LogP contribution in [0.25, 0.3) is 10.8 Å². The number of fused-ring (bicyclic) bond motifs is 1. The zero-order valence-corrected chi connectivity index (χ0v) is 24.8. The second-order valence-electron chi connectivity index (χ2n) is 9.92. The van der Waals surface area contributed by atoms with E-state index in [2.05, 4.69) is 104 Å². The number of nitrogens with zero attached hydrogens (tertiary/aromatic N) is 4. The third kappa shape index (κ3) is 6.83. The Balaban J connectivity index is 0.000000886. The van der Waals surface area contributed by atoms with E-state index in [1.807, 2.05) is 40.1 Å². The molecule has 2 N–H and O–H groups in total. The van der Waals surface area contributed by atoms with Crippen LogP contribution in [0.4, 0.5) is 0 Å². The summed E-state index contributed by atoms with van der Waals surface area (Å²) in [5.74, 6) is 15.1. The molecule has 2 saturated heterocycles. The monoisotopic (exact) mass is 534 g/mol. The highest BCUT2D eigenvalue weighted by molar-refractivity contribution is 5.85. The number of H-pyrrole nitrogens is 2. The van der Waals surface area contributed by atoms with Crippen molar-refractivity contribution in [3.05, 3.63) is 83.0 Å². The molecule has 4 aromatic rings. The van der Waals surface area contributed by atoms with E-state index < -0.39 is 0 Å². The van der Waals surface area contributed by atoms with Gasteiger partial charge in [-0.3, -0.25) is 9.80 Å². The van der Waals surface area contributed by atoms with Gasteiger partial charge in [0, 0.05) is 11.1 Å². The second kappa shape index (κ2) is 14.0. The van der Waals surface area contributed by atoms with Crippen molar-refractivity contribution >= 4 is 10.8 Å². The van der Waals surface area contributed by atoms with E-state index in [0.29, 0.717) is 12.1 Å². The molecule has 6 nitrogen and oxygen atoms in total. The van der Waals surface area contributed by atoms with Crippen LogP contribution in [0.2, 0.25) is 0 Å². The molecular formula is C34H42N6. The average Bonchev–Trinajstić information content (AvgIpc) is 3.81. The van der Waals surface area contributed by atoms with E-state index in [1.165, 1.54) is 12.8 Å². The molecule has 2 atom stereocenters. The molecule has 4 heterocycles. The van der Waals surface area contributed by atoms with E-state index >= 15 is 0 Å². The first-order valence-electron chi connectivity index (χ1n) is 14.7.